The van der Waals surface area contributed by atoms with Crippen molar-refractivity contribution in [3.63, 3.8) is 0 Å². The maximum absolute atomic E-state index is 12.9. The van der Waals surface area contributed by atoms with E-state index in [1.54, 1.807) is 36.2 Å². The molecule has 0 aliphatic carbocycles. The van der Waals surface area contributed by atoms with Crippen LogP contribution in [0.3, 0.4) is 0 Å². The van der Waals surface area contributed by atoms with Gasteiger partial charge in [-0.15, -0.1) is 0 Å². The lowest BCUT2D eigenvalue weighted by atomic mass is 10.1. The summed E-state index contributed by atoms with van der Waals surface area (Å²) in [7, 11) is 1.73. The van der Waals surface area contributed by atoms with Gasteiger partial charge in [0, 0.05) is 24.0 Å². The van der Waals surface area contributed by atoms with Gasteiger partial charge in [-0.25, -0.2) is 0 Å². The fourth-order valence-corrected chi connectivity index (χ4v) is 3.55. The molecule has 35 heavy (non-hydrogen) atoms. The molecule has 4 rings (SSSR count). The van der Waals surface area contributed by atoms with E-state index in [0.717, 1.165) is 16.9 Å². The van der Waals surface area contributed by atoms with Gasteiger partial charge in [-0.2, -0.15) is 0 Å². The zero-order valence-corrected chi connectivity index (χ0v) is 19.5. The molecule has 176 valence electrons. The summed E-state index contributed by atoms with van der Waals surface area (Å²) in [5.74, 6) is 0.277. The van der Waals surface area contributed by atoms with Gasteiger partial charge in [-0.3, -0.25) is 9.59 Å². The molecule has 0 radical (unpaired) electrons. The van der Waals surface area contributed by atoms with Crippen molar-refractivity contribution in [3.05, 3.63) is 120 Å². The first-order valence-corrected chi connectivity index (χ1v) is 11.3. The molecule has 2 N–H and O–H groups in total. The van der Waals surface area contributed by atoms with E-state index in [9.17, 15) is 9.59 Å². The molecular weight excluding hydrogens is 438 g/mol. The number of para-hydroxylation sites is 3. The van der Waals surface area contributed by atoms with Crippen molar-refractivity contribution < 1.29 is 14.3 Å². The summed E-state index contributed by atoms with van der Waals surface area (Å²) < 4.78 is 5.94. The molecule has 0 heterocycles. The van der Waals surface area contributed by atoms with Crippen molar-refractivity contribution in [2.75, 3.05) is 29.1 Å². The van der Waals surface area contributed by atoms with Gasteiger partial charge in [-0.05, 0) is 48.0 Å². The van der Waals surface area contributed by atoms with E-state index in [2.05, 4.69) is 10.6 Å². The van der Waals surface area contributed by atoms with Crippen LogP contribution in [-0.4, -0.2) is 25.4 Å². The van der Waals surface area contributed by atoms with E-state index >= 15 is 0 Å². The van der Waals surface area contributed by atoms with Crippen LogP contribution in [0.1, 0.15) is 15.9 Å². The molecule has 0 saturated carbocycles. The highest BCUT2D eigenvalue weighted by Gasteiger charge is 2.14. The molecule has 0 aromatic heterocycles. The van der Waals surface area contributed by atoms with Crippen LogP contribution in [0.2, 0.25) is 0 Å². The molecule has 0 atom stereocenters. The van der Waals surface area contributed by atoms with Crippen LogP contribution in [-0.2, 0) is 11.4 Å². The molecule has 0 saturated heterocycles. The highest BCUT2D eigenvalue weighted by molar-refractivity contribution is 6.06. The minimum atomic E-state index is -0.233. The lowest BCUT2D eigenvalue weighted by Crippen LogP contribution is -2.26. The summed E-state index contributed by atoms with van der Waals surface area (Å²) in [6.45, 7) is 0.484. The number of ether oxygens (including phenoxy) is 1. The lowest BCUT2D eigenvalue weighted by Gasteiger charge is -2.18. The number of benzene rings is 4. The topological polar surface area (TPSA) is 70.7 Å². The van der Waals surface area contributed by atoms with Gasteiger partial charge in [0.15, 0.2) is 0 Å². The molecule has 4 aromatic carbocycles. The van der Waals surface area contributed by atoms with Crippen molar-refractivity contribution in [1.29, 1.82) is 0 Å². The second kappa shape index (κ2) is 11.5. The van der Waals surface area contributed by atoms with Crippen LogP contribution < -0.4 is 20.3 Å². The molecule has 4 aromatic rings. The van der Waals surface area contributed by atoms with E-state index in [4.69, 9.17) is 4.74 Å². The third-order valence-electron chi connectivity index (χ3n) is 5.41. The van der Waals surface area contributed by atoms with Crippen LogP contribution in [0, 0.1) is 0 Å². The Morgan fingerprint density at radius 3 is 2.26 bits per heavy atom. The second-order valence-electron chi connectivity index (χ2n) is 7.95. The Morgan fingerprint density at radius 1 is 0.800 bits per heavy atom. The zero-order valence-electron chi connectivity index (χ0n) is 19.5. The summed E-state index contributed by atoms with van der Waals surface area (Å²) in [6.07, 6.45) is 0. The van der Waals surface area contributed by atoms with Crippen molar-refractivity contribution in [1.82, 2.24) is 0 Å². The quantitative estimate of drug-likeness (QED) is 0.338. The van der Waals surface area contributed by atoms with E-state index in [-0.39, 0.29) is 18.4 Å². The number of hydrogen-bond acceptors (Lipinski definition) is 4. The van der Waals surface area contributed by atoms with Crippen LogP contribution in [0.25, 0.3) is 0 Å². The maximum atomic E-state index is 12.9. The van der Waals surface area contributed by atoms with Gasteiger partial charge < -0.3 is 20.3 Å². The predicted octanol–water partition coefficient (Wildman–Crippen LogP) is 5.59. The van der Waals surface area contributed by atoms with Gasteiger partial charge in [0.2, 0.25) is 5.91 Å². The van der Waals surface area contributed by atoms with Crippen molar-refractivity contribution in [2.45, 2.75) is 6.61 Å². The number of carbonyl (C=O) groups is 2. The Bertz CT molecular complexity index is 1280. The Labute approximate surface area is 205 Å². The van der Waals surface area contributed by atoms with Gasteiger partial charge in [0.1, 0.15) is 12.4 Å². The van der Waals surface area contributed by atoms with Crippen molar-refractivity contribution >= 4 is 28.9 Å². The van der Waals surface area contributed by atoms with Crippen LogP contribution in [0.15, 0.2) is 109 Å². The number of anilines is 3. The van der Waals surface area contributed by atoms with Gasteiger partial charge in [0.05, 0.1) is 12.2 Å². The summed E-state index contributed by atoms with van der Waals surface area (Å²) in [4.78, 5) is 27.1. The van der Waals surface area contributed by atoms with Crippen molar-refractivity contribution in [3.8, 4) is 5.75 Å². The van der Waals surface area contributed by atoms with Gasteiger partial charge in [-0.1, -0.05) is 66.7 Å². The fraction of sp³-hybridized carbons (Fsp3) is 0.103. The maximum Gasteiger partial charge on any atom is 0.258 e. The minimum absolute atomic E-state index is 0.0494. The fourth-order valence-electron chi connectivity index (χ4n) is 3.55. The number of amides is 2. The first-order valence-electron chi connectivity index (χ1n) is 11.3. The molecule has 6 nitrogen and oxygen atoms in total. The smallest absolute Gasteiger partial charge is 0.258 e. The van der Waals surface area contributed by atoms with Crippen LogP contribution in [0.5, 0.6) is 5.75 Å². The number of rotatable bonds is 9. The van der Waals surface area contributed by atoms with E-state index < -0.39 is 0 Å². The number of hydrogen-bond donors (Lipinski definition) is 2. The predicted molar refractivity (Wildman–Crippen MR) is 140 cm³/mol. The average molecular weight is 466 g/mol. The van der Waals surface area contributed by atoms with Gasteiger partial charge in [0.25, 0.3) is 5.91 Å². The monoisotopic (exact) mass is 465 g/mol. The van der Waals surface area contributed by atoms with Crippen LogP contribution >= 0.6 is 0 Å². The Balaban J connectivity index is 1.34. The van der Waals surface area contributed by atoms with E-state index in [0.29, 0.717) is 23.6 Å². The third-order valence-corrected chi connectivity index (χ3v) is 5.41. The Kier molecular flexibility index (Phi) is 7.76. The molecule has 0 spiro atoms. The Morgan fingerprint density at radius 2 is 1.49 bits per heavy atom. The Hall–Kier alpha value is -4.58. The summed E-state index contributed by atoms with van der Waals surface area (Å²) in [6, 6.07) is 33.7. The molecule has 0 bridgehead atoms. The highest BCUT2D eigenvalue weighted by Crippen LogP contribution is 2.24. The highest BCUT2D eigenvalue weighted by atomic mass is 16.5. The average Bonchev–Trinajstić information content (AvgIpc) is 2.91. The van der Waals surface area contributed by atoms with Gasteiger partial charge >= 0.3 is 0 Å². The van der Waals surface area contributed by atoms with E-state index in [1.165, 1.54) is 0 Å². The summed E-state index contributed by atoms with van der Waals surface area (Å²) in [5.41, 5.74) is 3.63. The molecular formula is C29H27N3O3. The number of nitrogens with one attached hydrogen (secondary N) is 2. The molecule has 0 aliphatic rings. The minimum Gasteiger partial charge on any atom is -0.487 e. The molecule has 6 heteroatoms. The molecule has 2 amide bonds. The zero-order chi connectivity index (χ0) is 24.5. The number of carbonyl (C=O) groups excluding carboxylic acids is 2. The van der Waals surface area contributed by atoms with E-state index in [1.807, 2.05) is 84.9 Å². The summed E-state index contributed by atoms with van der Waals surface area (Å²) >= 11 is 0. The molecule has 0 unspecified atom stereocenters. The second-order valence-corrected chi connectivity index (χ2v) is 7.95. The SMILES string of the molecule is CN(C(=O)c1cccc(NC(=O)CNc2ccccc2OCc2ccccc2)c1)c1ccccc1. The third kappa shape index (κ3) is 6.48. The first kappa shape index (κ1) is 23.6. The first-order chi connectivity index (χ1) is 17.1. The summed E-state index contributed by atoms with van der Waals surface area (Å²) in [5, 5.41) is 5.98. The van der Waals surface area contributed by atoms with Crippen molar-refractivity contribution in [2.24, 2.45) is 0 Å². The standard InChI is InChI=1S/C29H27N3O3/c1-32(25-15-6-3-7-16-25)29(34)23-13-10-14-24(19-23)31-28(33)20-30-26-17-8-9-18-27(26)35-21-22-11-4-2-5-12-22/h2-19,30H,20-21H2,1H3,(H,31,33). The number of nitrogens with zero attached hydrogens (tertiary/aromatic N) is 1. The largest absolute Gasteiger partial charge is 0.487 e. The normalized spacial score (nSPS) is 10.3. The van der Waals surface area contributed by atoms with Crippen LogP contribution in [0.4, 0.5) is 17.1 Å². The lowest BCUT2D eigenvalue weighted by molar-refractivity contribution is -0.114. The molecule has 0 aliphatic heterocycles. The molecule has 0 fully saturated rings.